The Bertz CT molecular complexity index is 2180. The van der Waals surface area contributed by atoms with Crippen LogP contribution in [0.4, 0.5) is 10.6 Å². The number of fused-ring (bicyclic) bond motifs is 1. The number of carbonyl (C=O) groups excluding carboxylic acids is 2. The second-order valence-corrected chi connectivity index (χ2v) is 13.5. The van der Waals surface area contributed by atoms with E-state index in [0.29, 0.717) is 52.3 Å². The SMILES string of the molecule is COC(=O)c1cc(-c2ccc3c(c2)c(NC(=O)[C@@H]2CCCN(C(=O)O)C2)nn3C(c2ccccc2)(c2ccccc2)c2ccccc2)c(Cl)cc1Cl. The summed E-state index contributed by atoms with van der Waals surface area (Å²) in [4.78, 5) is 39.7. The number of esters is 1. The van der Waals surface area contributed by atoms with Gasteiger partial charge < -0.3 is 20.1 Å². The number of nitrogens with one attached hydrogen (secondary N) is 1. The van der Waals surface area contributed by atoms with Gasteiger partial charge in [0.2, 0.25) is 5.91 Å². The van der Waals surface area contributed by atoms with Gasteiger partial charge in [0.1, 0.15) is 5.54 Å². The fraction of sp³-hybridized carbons (Fsp3) is 0.171. The maximum absolute atomic E-state index is 14.0. The maximum atomic E-state index is 14.0. The Morgan fingerprint density at radius 3 is 1.98 bits per heavy atom. The van der Waals surface area contributed by atoms with Crippen LogP contribution in [-0.2, 0) is 15.1 Å². The van der Waals surface area contributed by atoms with Crippen LogP contribution in [-0.4, -0.2) is 58.0 Å². The Kier molecular flexibility index (Phi) is 9.73. The molecular weight excluding hydrogens is 699 g/mol. The predicted molar refractivity (Wildman–Crippen MR) is 202 cm³/mol. The number of rotatable bonds is 8. The average Bonchev–Trinajstić information content (AvgIpc) is 3.53. The summed E-state index contributed by atoms with van der Waals surface area (Å²) in [6.07, 6.45) is 0.0555. The summed E-state index contributed by atoms with van der Waals surface area (Å²) in [6, 6.07) is 39.0. The summed E-state index contributed by atoms with van der Waals surface area (Å²) in [5.74, 6) is -1.21. The van der Waals surface area contributed by atoms with E-state index < -0.39 is 23.5 Å². The van der Waals surface area contributed by atoms with Crippen molar-refractivity contribution in [1.29, 1.82) is 0 Å². The van der Waals surface area contributed by atoms with Crippen molar-refractivity contribution in [3.63, 3.8) is 0 Å². The number of aromatic nitrogens is 2. The molecule has 2 heterocycles. The first-order valence-corrected chi connectivity index (χ1v) is 17.5. The standard InChI is InChI=1S/C41H34Cl2N4O5/c1-52-39(49)32-23-31(34(42)24-35(32)43)26-19-20-36-33(22-26)37(44-38(48)27-12-11-21-46(25-27)40(50)51)45-47(36)41(28-13-5-2-6-14-28,29-15-7-3-8-16-29)30-17-9-4-10-18-30/h2-10,13-20,22-24,27H,11-12,21,25H2,1H3,(H,50,51)(H,44,45,48)/t27-/m1/s1. The first-order chi connectivity index (χ1) is 25.2. The third-order valence-electron chi connectivity index (χ3n) is 9.65. The molecule has 0 saturated carbocycles. The third kappa shape index (κ3) is 6.27. The Morgan fingerprint density at radius 2 is 1.42 bits per heavy atom. The number of methoxy groups -OCH3 is 1. The number of piperidine rings is 1. The minimum Gasteiger partial charge on any atom is -0.465 e. The van der Waals surface area contributed by atoms with Crippen LogP contribution in [0.3, 0.4) is 0 Å². The van der Waals surface area contributed by atoms with Gasteiger partial charge in [-0.2, -0.15) is 5.10 Å². The van der Waals surface area contributed by atoms with Crippen LogP contribution in [0.25, 0.3) is 22.0 Å². The van der Waals surface area contributed by atoms with Crippen LogP contribution in [0.15, 0.2) is 121 Å². The Hall–Kier alpha value is -5.64. The lowest BCUT2D eigenvalue weighted by molar-refractivity contribution is -0.121. The molecule has 1 atom stereocenters. The van der Waals surface area contributed by atoms with E-state index in [1.165, 1.54) is 18.1 Å². The van der Waals surface area contributed by atoms with E-state index in [9.17, 15) is 19.5 Å². The van der Waals surface area contributed by atoms with Crippen molar-refractivity contribution in [3.05, 3.63) is 154 Å². The molecule has 5 aromatic carbocycles. The summed E-state index contributed by atoms with van der Waals surface area (Å²) in [6.45, 7) is 0.465. The molecule has 2 N–H and O–H groups in total. The molecule has 1 aliphatic rings. The molecule has 52 heavy (non-hydrogen) atoms. The second kappa shape index (κ2) is 14.5. The summed E-state index contributed by atoms with van der Waals surface area (Å²) in [5, 5.41) is 19.1. The van der Waals surface area contributed by atoms with Crippen molar-refractivity contribution in [2.24, 2.45) is 5.92 Å². The van der Waals surface area contributed by atoms with Gasteiger partial charge in [-0.3, -0.25) is 4.79 Å². The summed E-state index contributed by atoms with van der Waals surface area (Å²) in [5.41, 5.74) is 3.84. The first-order valence-electron chi connectivity index (χ1n) is 16.8. The number of amides is 2. The topological polar surface area (TPSA) is 114 Å². The Morgan fingerprint density at radius 1 is 0.827 bits per heavy atom. The van der Waals surface area contributed by atoms with E-state index in [4.69, 9.17) is 33.0 Å². The number of ether oxygens (including phenoxy) is 1. The lowest BCUT2D eigenvalue weighted by Gasteiger charge is -2.37. The van der Waals surface area contributed by atoms with E-state index in [1.54, 1.807) is 6.07 Å². The number of hydrogen-bond acceptors (Lipinski definition) is 5. The van der Waals surface area contributed by atoms with Gasteiger partial charge in [-0.1, -0.05) is 120 Å². The molecule has 0 unspecified atom stereocenters. The van der Waals surface area contributed by atoms with Crippen molar-refractivity contribution in [3.8, 4) is 11.1 Å². The van der Waals surface area contributed by atoms with Gasteiger partial charge in [-0.05, 0) is 59.4 Å². The fourth-order valence-electron chi connectivity index (χ4n) is 7.16. The van der Waals surface area contributed by atoms with Crippen LogP contribution in [0.1, 0.15) is 39.9 Å². The van der Waals surface area contributed by atoms with Gasteiger partial charge in [0.05, 0.1) is 29.1 Å². The molecule has 9 nitrogen and oxygen atoms in total. The molecule has 0 bridgehead atoms. The van der Waals surface area contributed by atoms with E-state index >= 15 is 0 Å². The monoisotopic (exact) mass is 732 g/mol. The van der Waals surface area contributed by atoms with Crippen molar-refractivity contribution in [1.82, 2.24) is 14.7 Å². The quantitative estimate of drug-likeness (QED) is 0.119. The van der Waals surface area contributed by atoms with Crippen LogP contribution >= 0.6 is 23.2 Å². The normalized spacial score (nSPS) is 14.6. The molecule has 0 aliphatic carbocycles. The number of likely N-dealkylation sites (tertiary alicyclic amines) is 1. The number of anilines is 1. The molecule has 262 valence electrons. The molecule has 0 radical (unpaired) electrons. The molecule has 7 rings (SSSR count). The number of nitrogens with zero attached hydrogens (tertiary/aromatic N) is 3. The Balaban J connectivity index is 1.49. The number of carbonyl (C=O) groups is 3. The molecule has 1 saturated heterocycles. The molecule has 2 amide bonds. The summed E-state index contributed by atoms with van der Waals surface area (Å²) in [7, 11) is 1.28. The van der Waals surface area contributed by atoms with Gasteiger partial charge in [0.25, 0.3) is 0 Å². The molecule has 1 aliphatic heterocycles. The van der Waals surface area contributed by atoms with Gasteiger partial charge in [0, 0.05) is 29.1 Å². The lowest BCUT2D eigenvalue weighted by Crippen LogP contribution is -2.43. The highest BCUT2D eigenvalue weighted by Crippen LogP contribution is 2.44. The largest absolute Gasteiger partial charge is 0.465 e. The fourth-order valence-corrected chi connectivity index (χ4v) is 7.73. The highest BCUT2D eigenvalue weighted by atomic mass is 35.5. The zero-order valence-electron chi connectivity index (χ0n) is 28.1. The van der Waals surface area contributed by atoms with Gasteiger partial charge in [-0.25, -0.2) is 14.3 Å². The molecule has 6 aromatic rings. The first kappa shape index (κ1) is 34.8. The molecule has 1 fully saturated rings. The molecule has 1 aromatic heterocycles. The zero-order chi connectivity index (χ0) is 36.4. The summed E-state index contributed by atoms with van der Waals surface area (Å²) >= 11 is 13.1. The number of carboxylic acid groups (broad SMARTS) is 1. The molecule has 11 heteroatoms. The average molecular weight is 734 g/mol. The highest BCUT2D eigenvalue weighted by molar-refractivity contribution is 6.38. The lowest BCUT2D eigenvalue weighted by atomic mass is 9.77. The van der Waals surface area contributed by atoms with E-state index in [1.807, 2.05) is 77.5 Å². The van der Waals surface area contributed by atoms with Crippen molar-refractivity contribution < 1.29 is 24.2 Å². The second-order valence-electron chi connectivity index (χ2n) is 12.7. The van der Waals surface area contributed by atoms with Crippen LogP contribution in [0.5, 0.6) is 0 Å². The van der Waals surface area contributed by atoms with E-state index in [-0.39, 0.29) is 23.0 Å². The number of benzene rings is 5. The Labute approximate surface area is 310 Å². The van der Waals surface area contributed by atoms with Crippen molar-refractivity contribution >= 4 is 57.9 Å². The minimum atomic E-state index is -1.05. The van der Waals surface area contributed by atoms with Gasteiger partial charge >= 0.3 is 12.1 Å². The van der Waals surface area contributed by atoms with E-state index in [0.717, 1.165) is 16.7 Å². The van der Waals surface area contributed by atoms with E-state index in [2.05, 4.69) is 41.7 Å². The number of hydrogen-bond donors (Lipinski definition) is 2. The van der Waals surface area contributed by atoms with Gasteiger partial charge in [-0.15, -0.1) is 0 Å². The zero-order valence-corrected chi connectivity index (χ0v) is 29.6. The van der Waals surface area contributed by atoms with Crippen LogP contribution in [0, 0.1) is 5.92 Å². The number of halogens is 2. The maximum Gasteiger partial charge on any atom is 0.407 e. The predicted octanol–water partition coefficient (Wildman–Crippen LogP) is 8.97. The molecular formula is C41H34Cl2N4O5. The van der Waals surface area contributed by atoms with Crippen molar-refractivity contribution in [2.45, 2.75) is 18.4 Å². The molecule has 0 spiro atoms. The highest BCUT2D eigenvalue weighted by Gasteiger charge is 2.41. The smallest absolute Gasteiger partial charge is 0.407 e. The van der Waals surface area contributed by atoms with Gasteiger partial charge in [0.15, 0.2) is 5.82 Å². The van der Waals surface area contributed by atoms with Crippen LogP contribution < -0.4 is 5.32 Å². The third-order valence-corrected chi connectivity index (χ3v) is 10.3. The van der Waals surface area contributed by atoms with Crippen molar-refractivity contribution in [2.75, 3.05) is 25.5 Å². The van der Waals surface area contributed by atoms with Crippen LogP contribution in [0.2, 0.25) is 10.0 Å². The summed E-state index contributed by atoms with van der Waals surface area (Å²) < 4.78 is 6.90. The minimum absolute atomic E-state index is 0.0870.